The first-order valence-corrected chi connectivity index (χ1v) is 12.6. The Morgan fingerprint density at radius 3 is 2.53 bits per heavy atom. The van der Waals surface area contributed by atoms with Crippen molar-refractivity contribution in [2.75, 3.05) is 4.90 Å². The summed E-state index contributed by atoms with van der Waals surface area (Å²) >= 11 is 1.46. The molecule has 0 aliphatic carbocycles. The van der Waals surface area contributed by atoms with Gasteiger partial charge >= 0.3 is 0 Å². The van der Waals surface area contributed by atoms with Crippen LogP contribution < -0.4 is 10.2 Å². The zero-order valence-corrected chi connectivity index (χ0v) is 21.1. The third-order valence-electron chi connectivity index (χ3n) is 5.69. The summed E-state index contributed by atoms with van der Waals surface area (Å²) in [7, 11) is 0. The summed E-state index contributed by atoms with van der Waals surface area (Å²) in [4.78, 5) is 30.8. The maximum atomic E-state index is 13.8. The first-order chi connectivity index (χ1) is 18.5. The van der Waals surface area contributed by atoms with E-state index >= 15 is 0 Å². The second-order valence-corrected chi connectivity index (χ2v) is 9.36. The third kappa shape index (κ3) is 5.68. The summed E-state index contributed by atoms with van der Waals surface area (Å²) in [5.74, 6) is 0.0228. The van der Waals surface area contributed by atoms with Crippen LogP contribution in [0.25, 0.3) is 10.7 Å². The number of halogens is 1. The molecule has 0 aliphatic rings. The van der Waals surface area contributed by atoms with Gasteiger partial charge in [-0.1, -0.05) is 36.4 Å². The fraction of sp³-hybridized carbons (Fsp3) is 0.148. The lowest BCUT2D eigenvalue weighted by atomic mass is 10.1. The number of carbonyl (C=O) groups is 2. The number of furan rings is 1. The lowest BCUT2D eigenvalue weighted by Gasteiger charge is -2.29. The number of amides is 2. The van der Waals surface area contributed by atoms with Gasteiger partial charge in [-0.2, -0.15) is 4.80 Å². The molecule has 11 heteroatoms. The molecule has 2 aromatic carbocycles. The van der Waals surface area contributed by atoms with Crippen molar-refractivity contribution in [2.45, 2.75) is 26.1 Å². The lowest BCUT2D eigenvalue weighted by Crippen LogP contribution is -2.45. The third-order valence-corrected chi connectivity index (χ3v) is 6.56. The second kappa shape index (κ2) is 11.2. The highest BCUT2D eigenvalue weighted by Crippen LogP contribution is 2.30. The Balaban J connectivity index is 1.46. The molecule has 0 bridgehead atoms. The van der Waals surface area contributed by atoms with Gasteiger partial charge in [0, 0.05) is 12.2 Å². The Labute approximate surface area is 221 Å². The molecular weight excluding hydrogens is 507 g/mol. The largest absolute Gasteiger partial charge is 0.464 e. The predicted octanol–water partition coefficient (Wildman–Crippen LogP) is 4.53. The number of carbonyl (C=O) groups excluding carboxylic acids is 2. The van der Waals surface area contributed by atoms with E-state index in [2.05, 4.69) is 20.7 Å². The molecule has 38 heavy (non-hydrogen) atoms. The fourth-order valence-corrected chi connectivity index (χ4v) is 4.55. The minimum Gasteiger partial charge on any atom is -0.464 e. The summed E-state index contributed by atoms with van der Waals surface area (Å²) in [5.41, 5.74) is 1.20. The Kier molecular flexibility index (Phi) is 7.36. The molecule has 0 aliphatic heterocycles. The minimum atomic E-state index is -1.13. The van der Waals surface area contributed by atoms with Crippen LogP contribution in [-0.4, -0.2) is 32.0 Å². The van der Waals surface area contributed by atoms with Crippen LogP contribution in [0, 0.1) is 12.7 Å². The molecule has 3 heterocycles. The van der Waals surface area contributed by atoms with E-state index in [0.717, 1.165) is 4.88 Å². The monoisotopic (exact) mass is 530 g/mol. The number of para-hydroxylation sites is 1. The molecule has 5 aromatic rings. The molecule has 0 saturated heterocycles. The summed E-state index contributed by atoms with van der Waals surface area (Å²) in [6.07, 6.45) is 0. The van der Waals surface area contributed by atoms with Crippen molar-refractivity contribution in [3.8, 4) is 10.7 Å². The topological polar surface area (TPSA) is 106 Å². The summed E-state index contributed by atoms with van der Waals surface area (Å²) in [5, 5.41) is 17.2. The molecule has 2 amide bonds. The van der Waals surface area contributed by atoms with Crippen LogP contribution in [0.15, 0.2) is 88.7 Å². The van der Waals surface area contributed by atoms with Crippen molar-refractivity contribution < 1.29 is 18.4 Å². The number of aryl methyl sites for hydroxylation is 1. The van der Waals surface area contributed by atoms with Crippen molar-refractivity contribution in [1.29, 1.82) is 0 Å². The zero-order valence-electron chi connectivity index (χ0n) is 20.3. The SMILES string of the molecule is Cc1ccc([C@H](C(=O)NCc2ccc(F)cc2)N(C(=O)Cn2nnc(-c3cccs3)n2)c2ccccc2)o1. The van der Waals surface area contributed by atoms with E-state index in [1.54, 1.807) is 55.5 Å². The normalized spacial score (nSPS) is 11.7. The molecule has 1 atom stereocenters. The Hall–Kier alpha value is -4.64. The van der Waals surface area contributed by atoms with Gasteiger partial charge < -0.3 is 9.73 Å². The molecule has 0 spiro atoms. The maximum Gasteiger partial charge on any atom is 0.251 e. The summed E-state index contributed by atoms with van der Waals surface area (Å²) in [6, 6.07) is 20.7. The molecule has 0 fully saturated rings. The van der Waals surface area contributed by atoms with Crippen LogP contribution in [0.2, 0.25) is 0 Å². The number of rotatable bonds is 9. The second-order valence-electron chi connectivity index (χ2n) is 8.42. The molecular formula is C27H23FN6O3S. The number of aromatic nitrogens is 4. The lowest BCUT2D eigenvalue weighted by molar-refractivity contribution is -0.127. The van der Waals surface area contributed by atoms with E-state index in [0.29, 0.717) is 28.6 Å². The van der Waals surface area contributed by atoms with Crippen LogP contribution >= 0.6 is 11.3 Å². The molecule has 1 N–H and O–H groups in total. The molecule has 5 rings (SSSR count). The minimum absolute atomic E-state index is 0.140. The number of nitrogens with zero attached hydrogens (tertiary/aromatic N) is 5. The highest BCUT2D eigenvalue weighted by Gasteiger charge is 2.35. The standard InChI is InChI=1S/C27H23FN6O3S/c1-18-9-14-22(37-18)25(27(36)29-16-19-10-12-20(28)13-11-19)34(21-6-3-2-4-7-21)24(35)17-33-31-26(30-32-33)23-8-5-15-38-23/h2-15,25H,16-17H2,1H3,(H,29,36)/t25-/m1/s1. The van der Waals surface area contributed by atoms with E-state index < -0.39 is 17.9 Å². The number of nitrogens with one attached hydrogen (secondary N) is 1. The maximum absolute atomic E-state index is 13.8. The molecule has 3 aromatic heterocycles. The van der Waals surface area contributed by atoms with Crippen molar-refractivity contribution in [3.63, 3.8) is 0 Å². The van der Waals surface area contributed by atoms with Gasteiger partial charge in [0.1, 0.15) is 23.9 Å². The summed E-state index contributed by atoms with van der Waals surface area (Å²) < 4.78 is 19.2. The van der Waals surface area contributed by atoms with E-state index in [1.807, 2.05) is 23.6 Å². The van der Waals surface area contributed by atoms with Gasteiger partial charge in [-0.05, 0) is 65.5 Å². The van der Waals surface area contributed by atoms with Crippen LogP contribution in [-0.2, 0) is 22.7 Å². The molecule has 0 saturated carbocycles. The van der Waals surface area contributed by atoms with Gasteiger partial charge in [0.25, 0.3) is 11.8 Å². The molecule has 9 nitrogen and oxygen atoms in total. The van der Waals surface area contributed by atoms with Gasteiger partial charge in [0.15, 0.2) is 6.04 Å². The summed E-state index contributed by atoms with van der Waals surface area (Å²) in [6.45, 7) is 1.65. The van der Waals surface area contributed by atoms with E-state index in [-0.39, 0.29) is 18.9 Å². The quantitative estimate of drug-likeness (QED) is 0.300. The average Bonchev–Trinajstić information content (AvgIpc) is 3.70. The number of tetrazole rings is 1. The van der Waals surface area contributed by atoms with Crippen LogP contribution in [0.5, 0.6) is 0 Å². The zero-order chi connectivity index (χ0) is 26.5. The van der Waals surface area contributed by atoms with Crippen LogP contribution in [0.4, 0.5) is 10.1 Å². The Morgan fingerprint density at radius 1 is 1.05 bits per heavy atom. The Bertz CT molecular complexity index is 1520. The highest BCUT2D eigenvalue weighted by molar-refractivity contribution is 7.13. The smallest absolute Gasteiger partial charge is 0.251 e. The highest BCUT2D eigenvalue weighted by atomic mass is 32.1. The van der Waals surface area contributed by atoms with Crippen LogP contribution in [0.3, 0.4) is 0 Å². The van der Waals surface area contributed by atoms with Gasteiger partial charge in [-0.15, -0.1) is 21.5 Å². The Morgan fingerprint density at radius 2 is 1.84 bits per heavy atom. The number of anilines is 1. The number of benzene rings is 2. The van der Waals surface area contributed by atoms with Crippen molar-refractivity contribution in [2.24, 2.45) is 0 Å². The number of hydrogen-bond acceptors (Lipinski definition) is 7. The van der Waals surface area contributed by atoms with E-state index in [9.17, 15) is 14.0 Å². The predicted molar refractivity (Wildman–Crippen MR) is 139 cm³/mol. The number of hydrogen-bond donors (Lipinski definition) is 1. The number of thiophene rings is 1. The molecule has 192 valence electrons. The van der Waals surface area contributed by atoms with Crippen molar-refractivity contribution >= 4 is 28.8 Å². The van der Waals surface area contributed by atoms with Gasteiger partial charge in [-0.25, -0.2) is 4.39 Å². The van der Waals surface area contributed by atoms with Gasteiger partial charge in [-0.3, -0.25) is 14.5 Å². The van der Waals surface area contributed by atoms with E-state index in [1.165, 1.54) is 33.2 Å². The fourth-order valence-electron chi connectivity index (χ4n) is 3.90. The van der Waals surface area contributed by atoms with Crippen molar-refractivity contribution in [3.05, 3.63) is 107 Å². The van der Waals surface area contributed by atoms with Gasteiger partial charge in [0.05, 0.1) is 4.88 Å². The first kappa shape index (κ1) is 25.0. The van der Waals surface area contributed by atoms with Gasteiger partial charge in [0.2, 0.25) is 5.82 Å². The average molecular weight is 531 g/mol. The van der Waals surface area contributed by atoms with Crippen molar-refractivity contribution in [1.82, 2.24) is 25.5 Å². The van der Waals surface area contributed by atoms with Crippen LogP contribution in [0.1, 0.15) is 23.1 Å². The first-order valence-electron chi connectivity index (χ1n) is 11.8. The molecule has 0 radical (unpaired) electrons. The molecule has 0 unspecified atom stereocenters. The van der Waals surface area contributed by atoms with E-state index in [4.69, 9.17) is 4.42 Å².